The van der Waals surface area contributed by atoms with E-state index in [1.165, 1.54) is 6.07 Å². The zero-order valence-electron chi connectivity index (χ0n) is 9.62. The van der Waals surface area contributed by atoms with Crippen LogP contribution in [0.4, 0.5) is 13.2 Å². The van der Waals surface area contributed by atoms with Crippen LogP contribution in [0.5, 0.6) is 0 Å². The van der Waals surface area contributed by atoms with E-state index in [2.05, 4.69) is 12.6 Å². The monoisotopic (exact) mass is 268 g/mol. The van der Waals surface area contributed by atoms with Crippen molar-refractivity contribution in [2.75, 3.05) is 0 Å². The molecule has 0 aromatic heterocycles. The lowest BCUT2D eigenvalue weighted by atomic mass is 10.0. The van der Waals surface area contributed by atoms with Crippen molar-refractivity contribution in [3.63, 3.8) is 0 Å². The van der Waals surface area contributed by atoms with Gasteiger partial charge < -0.3 is 0 Å². The van der Waals surface area contributed by atoms with E-state index in [0.717, 1.165) is 23.3 Å². The zero-order chi connectivity index (χ0) is 13.3. The Bertz CT molecular complexity index is 556. The Labute approximate surface area is 109 Å². The highest BCUT2D eigenvalue weighted by Crippen LogP contribution is 2.34. The maximum Gasteiger partial charge on any atom is 0.416 e. The van der Waals surface area contributed by atoms with Gasteiger partial charge in [0.05, 0.1) is 5.56 Å². The molecule has 0 saturated carbocycles. The number of halogens is 3. The maximum absolute atomic E-state index is 12.5. The van der Waals surface area contributed by atoms with Crippen LogP contribution in [0.1, 0.15) is 11.1 Å². The number of thiol groups is 1. The summed E-state index contributed by atoms with van der Waals surface area (Å²) in [6, 6.07) is 11.2. The van der Waals surface area contributed by atoms with E-state index < -0.39 is 11.7 Å². The largest absolute Gasteiger partial charge is 0.416 e. The van der Waals surface area contributed by atoms with Crippen molar-refractivity contribution in [3.05, 3.63) is 53.6 Å². The van der Waals surface area contributed by atoms with Crippen molar-refractivity contribution in [3.8, 4) is 11.1 Å². The molecule has 2 aromatic rings. The van der Waals surface area contributed by atoms with Gasteiger partial charge in [-0.3, -0.25) is 0 Å². The molecule has 0 nitrogen and oxygen atoms in total. The van der Waals surface area contributed by atoms with Crippen LogP contribution in [-0.4, -0.2) is 0 Å². The van der Waals surface area contributed by atoms with E-state index >= 15 is 0 Å². The lowest BCUT2D eigenvalue weighted by molar-refractivity contribution is -0.137. The molecule has 2 aromatic carbocycles. The molecule has 2 rings (SSSR count). The molecule has 0 amide bonds. The second-order valence-electron chi connectivity index (χ2n) is 4.10. The van der Waals surface area contributed by atoms with Crippen LogP contribution in [0, 0.1) is 6.92 Å². The fraction of sp³-hybridized carbons (Fsp3) is 0.143. The molecule has 0 aliphatic heterocycles. The van der Waals surface area contributed by atoms with Crippen LogP contribution in [0.15, 0.2) is 47.4 Å². The highest BCUT2D eigenvalue weighted by atomic mass is 32.1. The number of hydrogen-bond acceptors (Lipinski definition) is 1. The summed E-state index contributed by atoms with van der Waals surface area (Å²) in [5.74, 6) is 0. The molecule has 0 N–H and O–H groups in total. The van der Waals surface area contributed by atoms with Gasteiger partial charge in [0.2, 0.25) is 0 Å². The van der Waals surface area contributed by atoms with Crippen LogP contribution in [-0.2, 0) is 6.18 Å². The maximum atomic E-state index is 12.5. The SMILES string of the molecule is Cc1ccc(-c2ccc(C(F)(F)F)cc2S)cc1. The Hall–Kier alpha value is -1.42. The number of hydrogen-bond donors (Lipinski definition) is 1. The lowest BCUT2D eigenvalue weighted by Crippen LogP contribution is -2.04. The quantitative estimate of drug-likeness (QED) is 0.694. The van der Waals surface area contributed by atoms with Crippen molar-refractivity contribution in [1.29, 1.82) is 0 Å². The summed E-state index contributed by atoms with van der Waals surface area (Å²) in [6.07, 6.45) is -4.33. The molecular weight excluding hydrogens is 257 g/mol. The minimum Gasteiger partial charge on any atom is -0.166 e. The first kappa shape index (κ1) is 13.0. The molecule has 0 saturated heterocycles. The topological polar surface area (TPSA) is 0 Å². The van der Waals surface area contributed by atoms with Gasteiger partial charge in [0, 0.05) is 4.90 Å². The number of rotatable bonds is 1. The van der Waals surface area contributed by atoms with Crippen LogP contribution in [0.2, 0.25) is 0 Å². The molecule has 0 spiro atoms. The molecule has 0 aliphatic rings. The van der Waals surface area contributed by atoms with Crippen LogP contribution in [0.3, 0.4) is 0 Å². The first-order valence-corrected chi connectivity index (χ1v) is 5.80. The molecular formula is C14H11F3S. The molecule has 0 radical (unpaired) electrons. The van der Waals surface area contributed by atoms with Crippen molar-refractivity contribution >= 4 is 12.6 Å². The second-order valence-corrected chi connectivity index (χ2v) is 4.58. The van der Waals surface area contributed by atoms with E-state index in [4.69, 9.17) is 0 Å². The second kappa shape index (κ2) is 4.69. The zero-order valence-corrected chi connectivity index (χ0v) is 10.5. The van der Waals surface area contributed by atoms with Gasteiger partial charge >= 0.3 is 6.18 Å². The van der Waals surface area contributed by atoms with Gasteiger partial charge in [0.15, 0.2) is 0 Å². The Balaban J connectivity index is 2.45. The van der Waals surface area contributed by atoms with Gasteiger partial charge in [-0.15, -0.1) is 12.6 Å². The molecule has 0 atom stereocenters. The Morgan fingerprint density at radius 2 is 1.56 bits per heavy atom. The summed E-state index contributed by atoms with van der Waals surface area (Å²) in [4.78, 5) is 0.327. The third-order valence-electron chi connectivity index (χ3n) is 2.69. The first-order chi connectivity index (χ1) is 8.38. The average molecular weight is 268 g/mol. The van der Waals surface area contributed by atoms with E-state index in [-0.39, 0.29) is 0 Å². The van der Waals surface area contributed by atoms with E-state index in [1.807, 2.05) is 31.2 Å². The standard InChI is InChI=1S/C14H11F3S/c1-9-2-4-10(5-3-9)12-7-6-11(8-13(12)18)14(15,16)17/h2-8,18H,1H3. The Morgan fingerprint density at radius 3 is 2.06 bits per heavy atom. The van der Waals surface area contributed by atoms with Gasteiger partial charge in [0.1, 0.15) is 0 Å². The molecule has 0 heterocycles. The van der Waals surface area contributed by atoms with Gasteiger partial charge in [-0.2, -0.15) is 13.2 Å². The minimum absolute atomic E-state index is 0.327. The van der Waals surface area contributed by atoms with Gasteiger partial charge in [-0.25, -0.2) is 0 Å². The van der Waals surface area contributed by atoms with Crippen LogP contribution in [0.25, 0.3) is 11.1 Å². The normalized spacial score (nSPS) is 11.6. The summed E-state index contributed by atoms with van der Waals surface area (Å²) in [5.41, 5.74) is 1.99. The summed E-state index contributed by atoms with van der Waals surface area (Å²) in [5, 5.41) is 0. The van der Waals surface area contributed by atoms with E-state index in [0.29, 0.717) is 10.5 Å². The fourth-order valence-corrected chi connectivity index (χ4v) is 2.03. The molecule has 18 heavy (non-hydrogen) atoms. The first-order valence-electron chi connectivity index (χ1n) is 5.35. The van der Waals surface area contributed by atoms with Gasteiger partial charge in [-0.05, 0) is 30.2 Å². The van der Waals surface area contributed by atoms with Crippen molar-refractivity contribution < 1.29 is 13.2 Å². The molecule has 0 bridgehead atoms. The molecule has 0 aliphatic carbocycles. The predicted molar refractivity (Wildman–Crippen MR) is 68.9 cm³/mol. The van der Waals surface area contributed by atoms with Crippen molar-refractivity contribution in [2.24, 2.45) is 0 Å². The molecule has 4 heteroatoms. The highest BCUT2D eigenvalue weighted by molar-refractivity contribution is 7.80. The Morgan fingerprint density at radius 1 is 0.944 bits per heavy atom. The lowest BCUT2D eigenvalue weighted by Gasteiger charge is -2.10. The van der Waals surface area contributed by atoms with E-state index in [9.17, 15) is 13.2 Å². The van der Waals surface area contributed by atoms with E-state index in [1.54, 1.807) is 0 Å². The van der Waals surface area contributed by atoms with Crippen molar-refractivity contribution in [1.82, 2.24) is 0 Å². The number of alkyl halides is 3. The third kappa shape index (κ3) is 2.70. The molecule has 0 fully saturated rings. The smallest absolute Gasteiger partial charge is 0.166 e. The van der Waals surface area contributed by atoms with Crippen LogP contribution < -0.4 is 0 Å². The molecule has 0 unspecified atom stereocenters. The van der Waals surface area contributed by atoms with Crippen molar-refractivity contribution in [2.45, 2.75) is 18.0 Å². The van der Waals surface area contributed by atoms with Crippen LogP contribution >= 0.6 is 12.6 Å². The summed E-state index contributed by atoms with van der Waals surface area (Å²) in [6.45, 7) is 1.96. The summed E-state index contributed by atoms with van der Waals surface area (Å²) >= 11 is 4.14. The minimum atomic E-state index is -4.33. The predicted octanol–water partition coefficient (Wildman–Crippen LogP) is 4.97. The average Bonchev–Trinajstić information content (AvgIpc) is 2.29. The Kier molecular flexibility index (Phi) is 3.39. The number of benzene rings is 2. The highest BCUT2D eigenvalue weighted by Gasteiger charge is 2.30. The van der Waals surface area contributed by atoms with Gasteiger partial charge in [0.25, 0.3) is 0 Å². The molecule has 94 valence electrons. The fourth-order valence-electron chi connectivity index (χ4n) is 1.69. The summed E-state index contributed by atoms with van der Waals surface area (Å²) < 4.78 is 37.6. The van der Waals surface area contributed by atoms with Gasteiger partial charge in [-0.1, -0.05) is 35.9 Å². The summed E-state index contributed by atoms with van der Waals surface area (Å²) in [7, 11) is 0. The third-order valence-corrected chi connectivity index (χ3v) is 3.06. The number of aryl methyl sites for hydroxylation is 1.